The first-order valence-corrected chi connectivity index (χ1v) is 6.90. The van der Waals surface area contributed by atoms with Crippen molar-refractivity contribution in [3.05, 3.63) is 34.6 Å². The lowest BCUT2D eigenvalue weighted by molar-refractivity contribution is 0.568. The summed E-state index contributed by atoms with van der Waals surface area (Å²) >= 11 is 7.83. The van der Waals surface area contributed by atoms with Crippen LogP contribution in [0.15, 0.2) is 18.2 Å². The number of hydrogen-bond acceptors (Lipinski definition) is 2. The molecule has 0 saturated heterocycles. The zero-order chi connectivity index (χ0) is 12.0. The number of nitrogens with one attached hydrogen (secondary N) is 1. The van der Waals surface area contributed by atoms with Crippen molar-refractivity contribution >= 4 is 23.4 Å². The zero-order valence-corrected chi connectivity index (χ0v) is 11.2. The van der Waals surface area contributed by atoms with Gasteiger partial charge in [-0.05, 0) is 31.4 Å². The quantitative estimate of drug-likeness (QED) is 0.843. The zero-order valence-electron chi connectivity index (χ0n) is 9.59. The molecule has 0 aromatic heterocycles. The van der Waals surface area contributed by atoms with E-state index in [4.69, 9.17) is 11.6 Å². The first kappa shape index (κ1) is 13.8. The first-order chi connectivity index (χ1) is 7.69. The molecule has 0 fully saturated rings. The second-order valence-electron chi connectivity index (χ2n) is 3.55. The van der Waals surface area contributed by atoms with Gasteiger partial charge in [0.25, 0.3) is 0 Å². The van der Waals surface area contributed by atoms with E-state index in [0.29, 0.717) is 17.0 Å². The van der Waals surface area contributed by atoms with E-state index < -0.39 is 0 Å². The predicted molar refractivity (Wildman–Crippen MR) is 71.0 cm³/mol. The number of benzene rings is 1. The average molecular weight is 262 g/mol. The van der Waals surface area contributed by atoms with Gasteiger partial charge in [-0.1, -0.05) is 24.6 Å². The van der Waals surface area contributed by atoms with Crippen LogP contribution >= 0.6 is 23.4 Å². The molecule has 0 saturated carbocycles. The molecule has 90 valence electrons. The minimum atomic E-state index is -0.214. The lowest BCUT2D eigenvalue weighted by Crippen LogP contribution is -2.30. The van der Waals surface area contributed by atoms with Crippen LogP contribution in [-0.4, -0.2) is 24.6 Å². The van der Waals surface area contributed by atoms with E-state index >= 15 is 0 Å². The third-order valence-electron chi connectivity index (χ3n) is 2.44. The fourth-order valence-electron chi connectivity index (χ4n) is 1.48. The van der Waals surface area contributed by atoms with Crippen molar-refractivity contribution in [3.63, 3.8) is 0 Å². The van der Waals surface area contributed by atoms with Crippen LogP contribution in [0, 0.1) is 5.82 Å². The molecule has 1 rings (SSSR count). The summed E-state index contributed by atoms with van der Waals surface area (Å²) < 4.78 is 13.6. The minimum Gasteiger partial charge on any atom is -0.316 e. The van der Waals surface area contributed by atoms with Gasteiger partial charge in [0.2, 0.25) is 0 Å². The molecule has 0 aliphatic heterocycles. The van der Waals surface area contributed by atoms with E-state index in [9.17, 15) is 4.39 Å². The van der Waals surface area contributed by atoms with E-state index in [2.05, 4.69) is 12.2 Å². The van der Waals surface area contributed by atoms with Gasteiger partial charge in [0.05, 0.1) is 0 Å². The largest absolute Gasteiger partial charge is 0.316 e. The second kappa shape index (κ2) is 7.15. The molecule has 1 aromatic rings. The number of halogens is 2. The maximum absolute atomic E-state index is 13.6. The Morgan fingerprint density at radius 2 is 2.25 bits per heavy atom. The van der Waals surface area contributed by atoms with E-state index in [1.807, 2.05) is 18.8 Å². The first-order valence-electron chi connectivity index (χ1n) is 5.37. The molecule has 0 aliphatic rings. The molecule has 1 unspecified atom stereocenters. The molecule has 1 nitrogen and oxygen atoms in total. The SMILES string of the molecule is CCSCC(Cc1c(F)cccc1Cl)NC. The number of hydrogen-bond donors (Lipinski definition) is 1. The molecule has 1 aromatic carbocycles. The summed E-state index contributed by atoms with van der Waals surface area (Å²) in [6.45, 7) is 2.12. The molecule has 0 radical (unpaired) electrons. The molecular weight excluding hydrogens is 245 g/mol. The minimum absolute atomic E-state index is 0.214. The second-order valence-corrected chi connectivity index (χ2v) is 5.28. The monoisotopic (exact) mass is 261 g/mol. The number of rotatable bonds is 6. The Morgan fingerprint density at radius 3 is 2.81 bits per heavy atom. The standard InChI is InChI=1S/C12H17ClFNS/c1-3-16-8-9(15-2)7-10-11(13)5-4-6-12(10)14/h4-6,9,15H,3,7-8H2,1-2H3. The van der Waals surface area contributed by atoms with Gasteiger partial charge in [-0.25, -0.2) is 4.39 Å². The van der Waals surface area contributed by atoms with Crippen LogP contribution in [0.3, 0.4) is 0 Å². The molecule has 0 spiro atoms. The smallest absolute Gasteiger partial charge is 0.127 e. The van der Waals surface area contributed by atoms with Crippen molar-refractivity contribution in [1.82, 2.24) is 5.32 Å². The normalized spacial score (nSPS) is 12.8. The maximum atomic E-state index is 13.6. The summed E-state index contributed by atoms with van der Waals surface area (Å²) in [7, 11) is 1.90. The van der Waals surface area contributed by atoms with E-state index in [-0.39, 0.29) is 11.9 Å². The Balaban J connectivity index is 2.69. The summed E-state index contributed by atoms with van der Waals surface area (Å²) in [5.41, 5.74) is 0.611. The van der Waals surface area contributed by atoms with Crippen molar-refractivity contribution in [2.45, 2.75) is 19.4 Å². The Bertz CT molecular complexity index is 313. The Labute approximate surface area is 106 Å². The predicted octanol–water partition coefficient (Wildman–Crippen LogP) is 3.36. The van der Waals surface area contributed by atoms with E-state index in [1.54, 1.807) is 12.1 Å². The molecular formula is C12H17ClFNS. The van der Waals surface area contributed by atoms with Crippen LogP contribution in [-0.2, 0) is 6.42 Å². The molecule has 16 heavy (non-hydrogen) atoms. The highest BCUT2D eigenvalue weighted by molar-refractivity contribution is 7.99. The Morgan fingerprint density at radius 1 is 1.50 bits per heavy atom. The highest BCUT2D eigenvalue weighted by atomic mass is 35.5. The Hall–Kier alpha value is -0.250. The third-order valence-corrected chi connectivity index (χ3v) is 3.84. The fourth-order valence-corrected chi connectivity index (χ4v) is 2.52. The van der Waals surface area contributed by atoms with Crippen LogP contribution in [0.1, 0.15) is 12.5 Å². The van der Waals surface area contributed by atoms with Crippen LogP contribution in [0.2, 0.25) is 5.02 Å². The van der Waals surface area contributed by atoms with E-state index in [0.717, 1.165) is 11.5 Å². The van der Waals surface area contributed by atoms with Crippen LogP contribution in [0.25, 0.3) is 0 Å². The topological polar surface area (TPSA) is 12.0 Å². The molecule has 1 N–H and O–H groups in total. The van der Waals surface area contributed by atoms with Crippen molar-refractivity contribution in [2.75, 3.05) is 18.6 Å². The van der Waals surface area contributed by atoms with Crippen LogP contribution in [0.4, 0.5) is 4.39 Å². The molecule has 0 heterocycles. The van der Waals surface area contributed by atoms with Gasteiger partial charge in [0.1, 0.15) is 5.82 Å². The lowest BCUT2D eigenvalue weighted by Gasteiger charge is -2.16. The summed E-state index contributed by atoms with van der Waals surface area (Å²) in [4.78, 5) is 0. The summed E-state index contributed by atoms with van der Waals surface area (Å²) in [5, 5.41) is 3.71. The molecule has 0 amide bonds. The van der Waals surface area contributed by atoms with Gasteiger partial charge >= 0.3 is 0 Å². The number of thioether (sulfide) groups is 1. The van der Waals surface area contributed by atoms with Gasteiger partial charge in [-0.3, -0.25) is 0 Å². The summed E-state index contributed by atoms with van der Waals surface area (Å²) in [6, 6.07) is 5.09. The van der Waals surface area contributed by atoms with Crippen molar-refractivity contribution in [2.24, 2.45) is 0 Å². The van der Waals surface area contributed by atoms with Gasteiger partial charge in [-0.2, -0.15) is 11.8 Å². The summed E-state index contributed by atoms with van der Waals surface area (Å²) in [5.74, 6) is 1.83. The number of likely N-dealkylation sites (N-methyl/N-ethyl adjacent to an activating group) is 1. The lowest BCUT2D eigenvalue weighted by atomic mass is 10.1. The van der Waals surface area contributed by atoms with Crippen LogP contribution < -0.4 is 5.32 Å². The molecule has 4 heteroatoms. The van der Waals surface area contributed by atoms with Crippen molar-refractivity contribution in [1.29, 1.82) is 0 Å². The van der Waals surface area contributed by atoms with Gasteiger partial charge < -0.3 is 5.32 Å². The van der Waals surface area contributed by atoms with Crippen molar-refractivity contribution in [3.8, 4) is 0 Å². The molecule has 0 bridgehead atoms. The highest BCUT2D eigenvalue weighted by Gasteiger charge is 2.13. The van der Waals surface area contributed by atoms with Gasteiger partial charge in [-0.15, -0.1) is 0 Å². The molecule has 0 aliphatic carbocycles. The summed E-state index contributed by atoms with van der Waals surface area (Å²) in [6.07, 6.45) is 0.634. The Kier molecular flexibility index (Phi) is 6.17. The van der Waals surface area contributed by atoms with E-state index in [1.165, 1.54) is 6.07 Å². The highest BCUT2D eigenvalue weighted by Crippen LogP contribution is 2.21. The van der Waals surface area contributed by atoms with Crippen LogP contribution in [0.5, 0.6) is 0 Å². The van der Waals surface area contributed by atoms with Gasteiger partial charge in [0, 0.05) is 22.4 Å². The van der Waals surface area contributed by atoms with Crippen molar-refractivity contribution < 1.29 is 4.39 Å². The maximum Gasteiger partial charge on any atom is 0.127 e. The van der Waals surface area contributed by atoms with Gasteiger partial charge in [0.15, 0.2) is 0 Å². The fraction of sp³-hybridized carbons (Fsp3) is 0.500. The third kappa shape index (κ3) is 3.96. The molecule has 1 atom stereocenters. The average Bonchev–Trinajstić information content (AvgIpc) is 2.28.